The number of aromatic nitrogens is 3. The lowest BCUT2D eigenvalue weighted by Gasteiger charge is -2.33. The number of amides is 2. The number of nitrogens with one attached hydrogen (secondary N) is 2. The first-order valence-electron chi connectivity index (χ1n) is 12.8. The van der Waals surface area contributed by atoms with Crippen molar-refractivity contribution < 1.29 is 9.53 Å². The fourth-order valence-corrected chi connectivity index (χ4v) is 5.12. The summed E-state index contributed by atoms with van der Waals surface area (Å²) in [5, 5.41) is 7.19. The zero-order valence-corrected chi connectivity index (χ0v) is 21.2. The molecule has 2 amide bonds. The van der Waals surface area contributed by atoms with Crippen LogP contribution in [0.1, 0.15) is 44.7 Å². The number of pyridine rings is 1. The minimum atomic E-state index is -0.0726. The fraction of sp³-hybridized carbons (Fsp3) is 0.481. The molecule has 2 atom stereocenters. The molecule has 4 heterocycles. The Morgan fingerprint density at radius 1 is 1.19 bits per heavy atom. The smallest absolute Gasteiger partial charge is 0.317 e. The van der Waals surface area contributed by atoms with Crippen LogP contribution < -0.4 is 16.2 Å². The Morgan fingerprint density at radius 2 is 2.03 bits per heavy atom. The van der Waals surface area contributed by atoms with Gasteiger partial charge in [-0.1, -0.05) is 24.3 Å². The second-order valence-corrected chi connectivity index (χ2v) is 10.1. The first kappa shape index (κ1) is 24.2. The van der Waals surface area contributed by atoms with E-state index in [1.54, 1.807) is 10.8 Å². The second-order valence-electron chi connectivity index (χ2n) is 10.1. The van der Waals surface area contributed by atoms with Crippen molar-refractivity contribution in [2.75, 3.05) is 31.6 Å². The number of hydrogen-bond acceptors (Lipinski definition) is 6. The SMILES string of the molecule is Cc1ccccc1-c1cc2cnc(NC3CCCN(C(=O)NC(C)C)C3)nc2n([C@H]2CCOC2)c1=O. The van der Waals surface area contributed by atoms with Crippen LogP contribution in [0.3, 0.4) is 0 Å². The molecule has 190 valence electrons. The molecule has 36 heavy (non-hydrogen) atoms. The van der Waals surface area contributed by atoms with Gasteiger partial charge >= 0.3 is 6.03 Å². The van der Waals surface area contributed by atoms with E-state index in [4.69, 9.17) is 9.72 Å². The molecule has 2 aliphatic heterocycles. The first-order valence-corrected chi connectivity index (χ1v) is 12.8. The first-order chi connectivity index (χ1) is 17.4. The molecule has 9 nitrogen and oxygen atoms in total. The summed E-state index contributed by atoms with van der Waals surface area (Å²) in [6.07, 6.45) is 4.37. The quantitative estimate of drug-likeness (QED) is 0.565. The van der Waals surface area contributed by atoms with E-state index >= 15 is 0 Å². The molecule has 2 saturated heterocycles. The summed E-state index contributed by atoms with van der Waals surface area (Å²) in [5.41, 5.74) is 3.16. The highest BCUT2D eigenvalue weighted by molar-refractivity contribution is 5.82. The van der Waals surface area contributed by atoms with Crippen molar-refractivity contribution in [1.29, 1.82) is 0 Å². The number of nitrogens with zero attached hydrogens (tertiary/aromatic N) is 4. The standard InChI is InChI=1S/C27H34N6O3/c1-17(2)29-27(35)32-11-6-8-20(15-32)30-26-28-14-19-13-23(22-9-5-4-7-18(22)3)25(34)33(24(19)31-26)21-10-12-36-16-21/h4-5,7,9,13-14,17,20-21H,6,8,10-12,15-16H2,1-3H3,(H,29,35)(H,28,30,31)/t20?,21-/m0/s1. The molecule has 0 aliphatic carbocycles. The number of hydrogen-bond donors (Lipinski definition) is 2. The Hall–Kier alpha value is -3.46. The number of fused-ring (bicyclic) bond motifs is 1. The number of benzene rings is 1. The van der Waals surface area contributed by atoms with Crippen LogP contribution in [-0.2, 0) is 4.74 Å². The summed E-state index contributed by atoms with van der Waals surface area (Å²) < 4.78 is 7.43. The number of carbonyl (C=O) groups is 1. The Labute approximate surface area is 210 Å². The minimum Gasteiger partial charge on any atom is -0.379 e. The van der Waals surface area contributed by atoms with Crippen LogP contribution in [0.25, 0.3) is 22.2 Å². The molecule has 3 aromatic rings. The van der Waals surface area contributed by atoms with Gasteiger partial charge in [0.1, 0.15) is 5.65 Å². The number of carbonyl (C=O) groups excluding carboxylic acids is 1. The van der Waals surface area contributed by atoms with Crippen molar-refractivity contribution in [1.82, 2.24) is 24.8 Å². The molecular weight excluding hydrogens is 456 g/mol. The molecule has 0 bridgehead atoms. The molecule has 1 unspecified atom stereocenters. The summed E-state index contributed by atoms with van der Waals surface area (Å²) in [5.74, 6) is 0.467. The number of ether oxygens (including phenoxy) is 1. The average Bonchev–Trinajstić information content (AvgIpc) is 3.38. The van der Waals surface area contributed by atoms with E-state index in [-0.39, 0.29) is 29.7 Å². The van der Waals surface area contributed by atoms with Crippen molar-refractivity contribution >= 4 is 23.0 Å². The van der Waals surface area contributed by atoms with Crippen molar-refractivity contribution in [3.63, 3.8) is 0 Å². The maximum atomic E-state index is 13.8. The Balaban J connectivity index is 1.49. The zero-order valence-electron chi connectivity index (χ0n) is 21.2. The van der Waals surface area contributed by atoms with Gasteiger partial charge in [0.15, 0.2) is 0 Å². The van der Waals surface area contributed by atoms with E-state index in [9.17, 15) is 9.59 Å². The number of urea groups is 1. The summed E-state index contributed by atoms with van der Waals surface area (Å²) in [4.78, 5) is 37.5. The third-order valence-corrected chi connectivity index (χ3v) is 6.93. The molecule has 9 heteroatoms. The predicted octanol–water partition coefficient (Wildman–Crippen LogP) is 3.72. The van der Waals surface area contributed by atoms with Crippen LogP contribution in [0.15, 0.2) is 41.3 Å². The molecule has 1 aromatic carbocycles. The van der Waals surface area contributed by atoms with E-state index in [0.29, 0.717) is 36.9 Å². The number of likely N-dealkylation sites (tertiary alicyclic amines) is 1. The fourth-order valence-electron chi connectivity index (χ4n) is 5.12. The number of aryl methyl sites for hydroxylation is 1. The van der Waals surface area contributed by atoms with Crippen LogP contribution in [0.2, 0.25) is 0 Å². The van der Waals surface area contributed by atoms with Gasteiger partial charge in [-0.15, -0.1) is 0 Å². The van der Waals surface area contributed by atoms with E-state index in [1.807, 2.05) is 56.0 Å². The normalized spacial score (nSPS) is 20.2. The average molecular weight is 491 g/mol. The molecule has 0 radical (unpaired) electrons. The maximum absolute atomic E-state index is 13.8. The van der Waals surface area contributed by atoms with Gasteiger partial charge in [0, 0.05) is 48.9 Å². The highest BCUT2D eigenvalue weighted by atomic mass is 16.5. The molecule has 2 aromatic heterocycles. The van der Waals surface area contributed by atoms with E-state index in [1.165, 1.54) is 0 Å². The summed E-state index contributed by atoms with van der Waals surface area (Å²) in [6.45, 7) is 8.36. The molecule has 0 spiro atoms. The lowest BCUT2D eigenvalue weighted by molar-refractivity contribution is 0.180. The predicted molar refractivity (Wildman–Crippen MR) is 140 cm³/mol. The van der Waals surface area contributed by atoms with Crippen LogP contribution in [0.5, 0.6) is 0 Å². The van der Waals surface area contributed by atoms with E-state index in [2.05, 4.69) is 15.6 Å². The van der Waals surface area contributed by atoms with E-state index < -0.39 is 0 Å². The van der Waals surface area contributed by atoms with Gasteiger partial charge in [-0.25, -0.2) is 9.78 Å². The summed E-state index contributed by atoms with van der Waals surface area (Å²) in [7, 11) is 0. The molecular formula is C27H34N6O3. The zero-order chi connectivity index (χ0) is 25.2. The summed E-state index contributed by atoms with van der Waals surface area (Å²) in [6, 6.07) is 9.83. The van der Waals surface area contributed by atoms with Gasteiger partial charge < -0.3 is 20.3 Å². The molecule has 5 rings (SSSR count). The van der Waals surface area contributed by atoms with Gasteiger partial charge in [0.05, 0.1) is 12.6 Å². The topological polar surface area (TPSA) is 101 Å². The molecule has 2 fully saturated rings. The third kappa shape index (κ3) is 4.93. The second kappa shape index (κ2) is 10.3. The third-order valence-electron chi connectivity index (χ3n) is 6.93. The maximum Gasteiger partial charge on any atom is 0.317 e. The highest BCUT2D eigenvalue weighted by Gasteiger charge is 2.26. The van der Waals surface area contributed by atoms with Gasteiger partial charge in [-0.3, -0.25) is 9.36 Å². The minimum absolute atomic E-state index is 0.0374. The molecule has 0 saturated carbocycles. The van der Waals surface area contributed by atoms with Gasteiger partial charge in [-0.2, -0.15) is 4.98 Å². The van der Waals surface area contributed by atoms with Crippen molar-refractivity contribution in [2.24, 2.45) is 0 Å². The summed E-state index contributed by atoms with van der Waals surface area (Å²) >= 11 is 0. The molecule has 2 aliphatic rings. The Kier molecular flexibility index (Phi) is 6.91. The van der Waals surface area contributed by atoms with Gasteiger partial charge in [0.25, 0.3) is 5.56 Å². The number of rotatable bonds is 5. The van der Waals surface area contributed by atoms with E-state index in [0.717, 1.165) is 42.3 Å². The molecule has 2 N–H and O–H groups in total. The van der Waals surface area contributed by atoms with Crippen molar-refractivity contribution in [2.45, 2.75) is 58.2 Å². The van der Waals surface area contributed by atoms with Crippen LogP contribution in [0, 0.1) is 6.92 Å². The van der Waals surface area contributed by atoms with Gasteiger partial charge in [-0.05, 0) is 57.2 Å². The van der Waals surface area contributed by atoms with Crippen molar-refractivity contribution in [3.05, 3.63) is 52.4 Å². The highest BCUT2D eigenvalue weighted by Crippen LogP contribution is 2.28. The van der Waals surface area contributed by atoms with Gasteiger partial charge in [0.2, 0.25) is 5.95 Å². The van der Waals surface area contributed by atoms with Crippen LogP contribution in [-0.4, -0.2) is 63.9 Å². The van der Waals surface area contributed by atoms with Crippen LogP contribution >= 0.6 is 0 Å². The monoisotopic (exact) mass is 490 g/mol. The van der Waals surface area contributed by atoms with Crippen molar-refractivity contribution in [3.8, 4) is 11.1 Å². The van der Waals surface area contributed by atoms with Crippen LogP contribution in [0.4, 0.5) is 10.7 Å². The lowest BCUT2D eigenvalue weighted by atomic mass is 10.0. The number of anilines is 1. The Bertz CT molecular complexity index is 1310. The lowest BCUT2D eigenvalue weighted by Crippen LogP contribution is -2.50. The largest absolute Gasteiger partial charge is 0.379 e. The number of piperidine rings is 1. The Morgan fingerprint density at radius 3 is 2.78 bits per heavy atom.